The van der Waals surface area contributed by atoms with E-state index in [0.29, 0.717) is 0 Å². The van der Waals surface area contributed by atoms with Gasteiger partial charge < -0.3 is 14.2 Å². The van der Waals surface area contributed by atoms with Crippen molar-refractivity contribution in [1.29, 1.82) is 0 Å². The number of benzene rings is 9. The van der Waals surface area contributed by atoms with Crippen LogP contribution in [0.2, 0.25) is 39.3 Å². The molecule has 0 unspecified atom stereocenters. The molecule has 2 aliphatic rings. The molecule has 0 saturated heterocycles. The number of rotatable bonds is 8. The van der Waals surface area contributed by atoms with Gasteiger partial charge in [-0.3, -0.25) is 0 Å². The van der Waals surface area contributed by atoms with Crippen LogP contribution in [0.4, 0.5) is 34.1 Å². The molecule has 3 nitrogen and oxygen atoms in total. The molecule has 0 bridgehead atoms. The molecule has 5 heteroatoms. The van der Waals surface area contributed by atoms with Crippen molar-refractivity contribution in [3.05, 3.63) is 228 Å². The Morgan fingerprint density at radius 2 is 0.824 bits per heavy atom. The molecular formula is C69H68N2OSi2. The maximum atomic E-state index is 7.39. The third-order valence-corrected chi connectivity index (χ3v) is 20.3. The van der Waals surface area contributed by atoms with Gasteiger partial charge in [0.2, 0.25) is 0 Å². The van der Waals surface area contributed by atoms with Crippen molar-refractivity contribution < 1.29 is 4.42 Å². The highest BCUT2D eigenvalue weighted by atomic mass is 28.3. The molecule has 0 N–H and O–H groups in total. The van der Waals surface area contributed by atoms with E-state index in [1.807, 2.05) is 0 Å². The van der Waals surface area contributed by atoms with Crippen LogP contribution >= 0.6 is 0 Å². The molecular weight excluding hydrogens is 929 g/mol. The number of nitrogens with zero attached hydrogens (tertiary/aromatic N) is 2. The smallest absolute Gasteiger partial charge is 0.145 e. The van der Waals surface area contributed by atoms with Crippen molar-refractivity contribution in [3.63, 3.8) is 0 Å². The number of anilines is 6. The van der Waals surface area contributed by atoms with E-state index in [-0.39, 0.29) is 10.8 Å². The van der Waals surface area contributed by atoms with Crippen molar-refractivity contribution in [2.45, 2.75) is 97.1 Å². The number of hydrogen-bond acceptors (Lipinski definition) is 3. The lowest BCUT2D eigenvalue weighted by molar-refractivity contribution is 0.590. The monoisotopic (exact) mass is 996 g/mol. The van der Waals surface area contributed by atoms with Crippen LogP contribution in [0.3, 0.4) is 0 Å². The zero-order chi connectivity index (χ0) is 51.7. The normalized spacial score (nSPS) is 13.8. The molecule has 368 valence electrons. The Kier molecular flexibility index (Phi) is 10.9. The molecule has 1 spiro atoms. The van der Waals surface area contributed by atoms with E-state index in [2.05, 4.69) is 285 Å². The summed E-state index contributed by atoms with van der Waals surface area (Å²) < 4.78 is 7.39. The highest BCUT2D eigenvalue weighted by molar-refractivity contribution is 6.89. The summed E-state index contributed by atoms with van der Waals surface area (Å²) in [5.74, 6) is 0. The van der Waals surface area contributed by atoms with Gasteiger partial charge in [-0.15, -0.1) is 0 Å². The van der Waals surface area contributed by atoms with E-state index >= 15 is 0 Å². The summed E-state index contributed by atoms with van der Waals surface area (Å²) in [4.78, 5) is 4.98. The fraction of sp³-hybridized carbons (Fsp3) is 0.217. The standard InChI is InChI=1S/C69H68N2OSi2/c1-67(2,3)45-25-29-47(30-26-45)70(48-33-38-52(39-34-48)73(7,8)9)51-37-42-56-60(43-51)69(58-22-16-13-19-54(58)55-20-14-17-23-59(55)69)61-44-62(65-57-21-15-18-24-63(57)72-66(65)64(56)61)71(49-31-27-46(28-32-49)68(4,5)6)50-35-40-53(41-36-50)74(10,11)12/h13-44H,1-12H3. The van der Waals surface area contributed by atoms with Gasteiger partial charge in [0.05, 0.1) is 32.6 Å². The first-order valence-electron chi connectivity index (χ1n) is 26.6. The first-order valence-corrected chi connectivity index (χ1v) is 33.6. The second-order valence-electron chi connectivity index (χ2n) is 25.0. The SMILES string of the molecule is CC(C)(C)c1ccc(N(c2ccc([Si](C)(C)C)cc2)c2ccc3c(c2)C2(c4ccccc4-c4ccccc42)c2cc(N(c4ccc(C(C)(C)C)cc4)c4ccc([Si](C)(C)C)cc4)c4c(oc5ccccc54)c2-3)cc1. The lowest BCUT2D eigenvalue weighted by Gasteiger charge is -2.34. The molecule has 0 saturated carbocycles. The molecule has 0 aliphatic heterocycles. The molecule has 0 amide bonds. The van der Waals surface area contributed by atoms with Gasteiger partial charge in [0.25, 0.3) is 0 Å². The zero-order valence-electron chi connectivity index (χ0n) is 45.3. The van der Waals surface area contributed by atoms with Crippen LogP contribution in [0.5, 0.6) is 0 Å². The van der Waals surface area contributed by atoms with Crippen molar-refractivity contribution >= 4 is 82.6 Å². The van der Waals surface area contributed by atoms with Gasteiger partial charge >= 0.3 is 0 Å². The summed E-state index contributed by atoms with van der Waals surface area (Å²) in [6, 6.07) is 74.2. The lowest BCUT2D eigenvalue weighted by Crippen LogP contribution is -2.37. The van der Waals surface area contributed by atoms with Crippen LogP contribution in [0.1, 0.15) is 74.9 Å². The molecule has 0 fully saturated rings. The molecule has 9 aromatic carbocycles. The lowest BCUT2D eigenvalue weighted by atomic mass is 9.70. The number of fused-ring (bicyclic) bond motifs is 14. The van der Waals surface area contributed by atoms with Crippen molar-refractivity contribution in [1.82, 2.24) is 0 Å². The number of hydrogen-bond donors (Lipinski definition) is 0. The minimum absolute atomic E-state index is 0.00704. The average molecular weight is 997 g/mol. The highest BCUT2D eigenvalue weighted by Gasteiger charge is 2.53. The summed E-state index contributed by atoms with van der Waals surface area (Å²) >= 11 is 0. The molecule has 0 atom stereocenters. The Hall–Kier alpha value is -7.19. The predicted octanol–water partition coefficient (Wildman–Crippen LogP) is 18.6. The van der Waals surface area contributed by atoms with E-state index in [9.17, 15) is 0 Å². The quantitative estimate of drug-likeness (QED) is 0.141. The second-order valence-corrected chi connectivity index (χ2v) is 35.2. The molecule has 1 aromatic heterocycles. The number of para-hydroxylation sites is 1. The first-order chi connectivity index (χ1) is 35.2. The summed E-state index contributed by atoms with van der Waals surface area (Å²) in [6.45, 7) is 28.3. The first kappa shape index (κ1) is 47.8. The van der Waals surface area contributed by atoms with Crippen LogP contribution in [0.15, 0.2) is 199 Å². The fourth-order valence-electron chi connectivity index (χ4n) is 12.1. The largest absolute Gasteiger partial charge is 0.455 e. The Morgan fingerprint density at radius 1 is 0.392 bits per heavy atom. The summed E-state index contributed by atoms with van der Waals surface area (Å²) in [5.41, 5.74) is 20.5. The summed E-state index contributed by atoms with van der Waals surface area (Å²) in [7, 11) is -3.16. The van der Waals surface area contributed by atoms with E-state index < -0.39 is 21.6 Å². The Balaban J connectivity index is 1.18. The Morgan fingerprint density at radius 3 is 1.31 bits per heavy atom. The third kappa shape index (κ3) is 7.56. The summed E-state index contributed by atoms with van der Waals surface area (Å²) in [6.07, 6.45) is 0. The molecule has 0 radical (unpaired) electrons. The van der Waals surface area contributed by atoms with Gasteiger partial charge in [0.1, 0.15) is 11.2 Å². The molecule has 10 aromatic rings. The third-order valence-electron chi connectivity index (χ3n) is 16.1. The van der Waals surface area contributed by atoms with Crippen LogP contribution in [0, 0.1) is 0 Å². The molecule has 1 heterocycles. The van der Waals surface area contributed by atoms with Gasteiger partial charge in [-0.05, 0) is 134 Å². The molecule has 74 heavy (non-hydrogen) atoms. The molecule has 12 rings (SSSR count). The van der Waals surface area contributed by atoms with Gasteiger partial charge in [-0.2, -0.15) is 0 Å². The zero-order valence-corrected chi connectivity index (χ0v) is 47.3. The van der Waals surface area contributed by atoms with Gasteiger partial charge in [-0.25, -0.2) is 0 Å². The topological polar surface area (TPSA) is 19.6 Å². The minimum atomic E-state index is -1.60. The van der Waals surface area contributed by atoms with Gasteiger partial charge in [0, 0.05) is 39.4 Å². The van der Waals surface area contributed by atoms with Crippen molar-refractivity contribution in [2.24, 2.45) is 0 Å². The fourth-order valence-corrected chi connectivity index (χ4v) is 14.4. The van der Waals surface area contributed by atoms with Crippen molar-refractivity contribution in [2.75, 3.05) is 9.80 Å². The Bertz CT molecular complexity index is 3640. The Labute approximate surface area is 441 Å². The average Bonchev–Trinajstić information content (AvgIpc) is 4.03. The summed E-state index contributed by atoms with van der Waals surface area (Å²) in [5, 5.41) is 5.10. The van der Waals surface area contributed by atoms with Gasteiger partial charge in [0.15, 0.2) is 0 Å². The minimum Gasteiger partial charge on any atom is -0.455 e. The van der Waals surface area contributed by atoms with Crippen molar-refractivity contribution in [3.8, 4) is 22.3 Å². The van der Waals surface area contributed by atoms with E-state index in [0.717, 1.165) is 61.6 Å². The van der Waals surface area contributed by atoms with Crippen LogP contribution in [-0.4, -0.2) is 16.1 Å². The maximum Gasteiger partial charge on any atom is 0.145 e. The highest BCUT2D eigenvalue weighted by Crippen LogP contribution is 2.66. The van der Waals surface area contributed by atoms with Gasteiger partial charge in [-0.1, -0.05) is 213 Å². The van der Waals surface area contributed by atoms with E-state index in [4.69, 9.17) is 4.42 Å². The molecule has 2 aliphatic carbocycles. The predicted molar refractivity (Wildman–Crippen MR) is 323 cm³/mol. The van der Waals surface area contributed by atoms with E-state index in [1.165, 1.54) is 60.4 Å². The van der Waals surface area contributed by atoms with Crippen LogP contribution in [-0.2, 0) is 16.2 Å². The number of furan rings is 1. The van der Waals surface area contributed by atoms with Crippen LogP contribution < -0.4 is 20.2 Å². The second kappa shape index (κ2) is 16.9. The van der Waals surface area contributed by atoms with Crippen LogP contribution in [0.25, 0.3) is 44.2 Å². The maximum absolute atomic E-state index is 7.39. The van der Waals surface area contributed by atoms with E-state index in [1.54, 1.807) is 0 Å².